The van der Waals surface area contributed by atoms with E-state index in [1.54, 1.807) is 6.07 Å². The minimum atomic E-state index is -1.18. The van der Waals surface area contributed by atoms with Crippen molar-refractivity contribution in [1.29, 1.82) is 0 Å². The number of benzene rings is 1. The molecule has 5 nitrogen and oxygen atoms in total. The fraction of sp³-hybridized carbons (Fsp3) is 0.400. The number of nitrogens with two attached hydrogens (primary N) is 1. The summed E-state index contributed by atoms with van der Waals surface area (Å²) in [7, 11) is -1.18. The Kier molecular flexibility index (Phi) is 5.54. The summed E-state index contributed by atoms with van der Waals surface area (Å²) in [5.74, 6) is 0.523. The van der Waals surface area contributed by atoms with E-state index in [1.165, 1.54) is 12.1 Å². The van der Waals surface area contributed by atoms with Gasteiger partial charge in [0.05, 0.1) is 21.3 Å². The highest BCUT2D eigenvalue weighted by Crippen LogP contribution is 2.27. The second kappa shape index (κ2) is 6.68. The number of rotatable bonds is 6. The number of nitro groups is 1. The molecule has 0 radical (unpaired) electrons. The Bertz CT molecular complexity index is 440. The van der Waals surface area contributed by atoms with E-state index < -0.39 is 15.7 Å². The number of halogens is 1. The van der Waals surface area contributed by atoms with Crippen LogP contribution in [0.3, 0.4) is 0 Å². The van der Waals surface area contributed by atoms with Gasteiger partial charge < -0.3 is 5.73 Å². The molecule has 17 heavy (non-hydrogen) atoms. The van der Waals surface area contributed by atoms with E-state index >= 15 is 0 Å². The lowest BCUT2D eigenvalue weighted by atomic mass is 10.2. The monoisotopic (exact) mass is 276 g/mol. The highest BCUT2D eigenvalue weighted by Gasteiger charge is 2.18. The van der Waals surface area contributed by atoms with Crippen molar-refractivity contribution in [1.82, 2.24) is 0 Å². The standard InChI is InChI=1S/C10H13ClN2O3S/c11-9-3-1-4-10(13(14)15)8(9)7-17(16)6-2-5-12/h1,3-4H,2,5-7,12H2. The average Bonchev–Trinajstić information content (AvgIpc) is 2.28. The van der Waals surface area contributed by atoms with E-state index in [-0.39, 0.29) is 16.5 Å². The van der Waals surface area contributed by atoms with Gasteiger partial charge in [-0.2, -0.15) is 0 Å². The maximum Gasteiger partial charge on any atom is 0.275 e. The van der Waals surface area contributed by atoms with Gasteiger partial charge in [0.25, 0.3) is 5.69 Å². The molecule has 94 valence electrons. The molecule has 0 amide bonds. The van der Waals surface area contributed by atoms with Crippen molar-refractivity contribution in [3.05, 3.63) is 38.9 Å². The number of nitrogens with zero attached hydrogens (tertiary/aromatic N) is 1. The molecule has 2 N–H and O–H groups in total. The third-order valence-corrected chi connectivity index (χ3v) is 3.88. The van der Waals surface area contributed by atoms with Crippen LogP contribution in [0.5, 0.6) is 0 Å². The summed E-state index contributed by atoms with van der Waals surface area (Å²) in [6.45, 7) is 0.455. The van der Waals surface area contributed by atoms with Gasteiger partial charge in [-0.3, -0.25) is 14.3 Å². The molecule has 0 aliphatic heterocycles. The van der Waals surface area contributed by atoms with Crippen LogP contribution < -0.4 is 5.73 Å². The minimum absolute atomic E-state index is 0.0846. The first-order valence-corrected chi connectivity index (χ1v) is 6.89. The van der Waals surface area contributed by atoms with Gasteiger partial charge in [0.15, 0.2) is 0 Å². The van der Waals surface area contributed by atoms with E-state index in [2.05, 4.69) is 0 Å². The Hall–Kier alpha value is -0.980. The van der Waals surface area contributed by atoms with Crippen molar-refractivity contribution in [3.8, 4) is 0 Å². The highest BCUT2D eigenvalue weighted by molar-refractivity contribution is 7.84. The molecule has 0 aliphatic rings. The summed E-state index contributed by atoms with van der Waals surface area (Å²) >= 11 is 5.89. The van der Waals surface area contributed by atoms with Gasteiger partial charge in [-0.15, -0.1) is 0 Å². The SMILES string of the molecule is NCCCS(=O)Cc1c(Cl)cccc1[N+](=O)[O-]. The fourth-order valence-electron chi connectivity index (χ4n) is 1.34. The van der Waals surface area contributed by atoms with Gasteiger partial charge >= 0.3 is 0 Å². The smallest absolute Gasteiger partial charge is 0.275 e. The number of hydrogen-bond acceptors (Lipinski definition) is 4. The summed E-state index contributed by atoms with van der Waals surface area (Å²) in [6, 6.07) is 4.43. The van der Waals surface area contributed by atoms with Crippen molar-refractivity contribution < 1.29 is 9.13 Å². The van der Waals surface area contributed by atoms with E-state index in [1.807, 2.05) is 0 Å². The third-order valence-electron chi connectivity index (χ3n) is 2.17. The Labute approximate surface area is 107 Å². The topological polar surface area (TPSA) is 86.2 Å². The van der Waals surface area contributed by atoms with Crippen LogP contribution in [-0.4, -0.2) is 21.4 Å². The van der Waals surface area contributed by atoms with E-state index in [0.29, 0.717) is 24.3 Å². The zero-order valence-electron chi connectivity index (χ0n) is 9.10. The van der Waals surface area contributed by atoms with Crippen molar-refractivity contribution in [2.24, 2.45) is 5.73 Å². The summed E-state index contributed by atoms with van der Waals surface area (Å²) < 4.78 is 11.7. The first kappa shape index (κ1) is 14.1. The highest BCUT2D eigenvalue weighted by atomic mass is 35.5. The van der Waals surface area contributed by atoms with Crippen molar-refractivity contribution in [2.45, 2.75) is 12.2 Å². The molecule has 1 aromatic carbocycles. The van der Waals surface area contributed by atoms with Gasteiger partial charge in [0, 0.05) is 22.6 Å². The molecule has 1 unspecified atom stereocenters. The molecule has 1 atom stereocenters. The molecule has 0 heterocycles. The average molecular weight is 277 g/mol. The number of nitro benzene ring substituents is 1. The molecule has 0 spiro atoms. The molecule has 1 aromatic rings. The lowest BCUT2D eigenvalue weighted by Crippen LogP contribution is -2.08. The normalized spacial score (nSPS) is 12.4. The van der Waals surface area contributed by atoms with Gasteiger partial charge in [0.1, 0.15) is 0 Å². The van der Waals surface area contributed by atoms with Gasteiger partial charge in [-0.25, -0.2) is 0 Å². The molecule has 1 rings (SSSR count). The molecule has 0 saturated heterocycles. The van der Waals surface area contributed by atoms with Crippen LogP contribution in [0.25, 0.3) is 0 Å². The zero-order valence-corrected chi connectivity index (χ0v) is 10.7. The third kappa shape index (κ3) is 4.07. The lowest BCUT2D eigenvalue weighted by Gasteiger charge is -2.05. The lowest BCUT2D eigenvalue weighted by molar-refractivity contribution is -0.385. The molecule has 0 aromatic heterocycles. The van der Waals surface area contributed by atoms with Crippen LogP contribution >= 0.6 is 11.6 Å². The molecule has 0 saturated carbocycles. The van der Waals surface area contributed by atoms with Crippen LogP contribution in [0.15, 0.2) is 18.2 Å². The van der Waals surface area contributed by atoms with Crippen LogP contribution in [0.4, 0.5) is 5.69 Å². The molecule has 0 bridgehead atoms. The quantitative estimate of drug-likeness (QED) is 0.634. The van der Waals surface area contributed by atoms with Gasteiger partial charge in [0.2, 0.25) is 0 Å². The second-order valence-corrected chi connectivity index (χ2v) is 5.41. The molecular formula is C10H13ClN2O3S. The summed E-state index contributed by atoms with van der Waals surface area (Å²) in [4.78, 5) is 10.3. The first-order valence-electron chi connectivity index (χ1n) is 5.03. The van der Waals surface area contributed by atoms with Crippen LogP contribution in [0.2, 0.25) is 5.02 Å². The van der Waals surface area contributed by atoms with Crippen molar-refractivity contribution in [2.75, 3.05) is 12.3 Å². The summed E-state index contributed by atoms with van der Waals surface area (Å²) in [5.41, 5.74) is 5.55. The Balaban J connectivity index is 2.89. The first-order chi connectivity index (χ1) is 8.06. The van der Waals surface area contributed by atoms with E-state index in [4.69, 9.17) is 17.3 Å². The van der Waals surface area contributed by atoms with Crippen LogP contribution in [0.1, 0.15) is 12.0 Å². The maximum absolute atomic E-state index is 11.7. The predicted octanol–water partition coefficient (Wildman–Crippen LogP) is 1.85. The summed E-state index contributed by atoms with van der Waals surface area (Å²) in [6.07, 6.45) is 0.630. The molecule has 0 fully saturated rings. The second-order valence-electron chi connectivity index (χ2n) is 3.43. The van der Waals surface area contributed by atoms with E-state index in [0.717, 1.165) is 0 Å². The van der Waals surface area contributed by atoms with Crippen LogP contribution in [0, 0.1) is 10.1 Å². The van der Waals surface area contributed by atoms with Crippen LogP contribution in [-0.2, 0) is 16.6 Å². The number of hydrogen-bond donors (Lipinski definition) is 1. The van der Waals surface area contributed by atoms with Gasteiger partial charge in [-0.1, -0.05) is 17.7 Å². The summed E-state index contributed by atoms with van der Waals surface area (Å²) in [5, 5.41) is 11.1. The van der Waals surface area contributed by atoms with Crippen molar-refractivity contribution >= 4 is 28.1 Å². The molecule has 0 aliphatic carbocycles. The molecule has 7 heteroatoms. The fourth-order valence-corrected chi connectivity index (χ4v) is 2.91. The minimum Gasteiger partial charge on any atom is -0.330 e. The Morgan fingerprint density at radius 3 is 2.76 bits per heavy atom. The predicted molar refractivity (Wildman–Crippen MR) is 68.5 cm³/mol. The van der Waals surface area contributed by atoms with Gasteiger partial charge in [-0.05, 0) is 19.0 Å². The zero-order chi connectivity index (χ0) is 12.8. The Morgan fingerprint density at radius 2 is 2.18 bits per heavy atom. The largest absolute Gasteiger partial charge is 0.330 e. The van der Waals surface area contributed by atoms with Crippen molar-refractivity contribution in [3.63, 3.8) is 0 Å². The molecular weight excluding hydrogens is 264 g/mol. The maximum atomic E-state index is 11.7. The Morgan fingerprint density at radius 1 is 1.47 bits per heavy atom. The van der Waals surface area contributed by atoms with E-state index in [9.17, 15) is 14.3 Å².